The van der Waals surface area contributed by atoms with Crippen LogP contribution in [0.3, 0.4) is 0 Å². The second-order valence-corrected chi connectivity index (χ2v) is 4.82. The molecule has 0 amide bonds. The average molecular weight is 148 g/mol. The number of rotatable bonds is 2. The largest absolute Gasteiger partial charge is 0.396 e. The van der Waals surface area contributed by atoms with E-state index in [1.165, 1.54) is 0 Å². The highest BCUT2D eigenvalue weighted by atomic mass is 31.1. The Bertz CT molecular complexity index is 114. The molecule has 0 saturated carbocycles. The van der Waals surface area contributed by atoms with Gasteiger partial charge in [0.05, 0.1) is 7.80 Å². The summed E-state index contributed by atoms with van der Waals surface area (Å²) < 4.78 is 11.0. The fourth-order valence-electron chi connectivity index (χ4n) is 1.35. The van der Waals surface area contributed by atoms with Crippen molar-refractivity contribution in [2.75, 3.05) is 12.8 Å². The fourth-order valence-corrected chi connectivity index (χ4v) is 3.29. The topological polar surface area (TPSA) is 37.3 Å². The van der Waals surface area contributed by atoms with Crippen molar-refractivity contribution in [3.05, 3.63) is 0 Å². The molecular weight excluding hydrogens is 135 g/mol. The molecule has 1 saturated heterocycles. The molecule has 1 aliphatic heterocycles. The van der Waals surface area contributed by atoms with Gasteiger partial charge in [-0.05, 0) is 25.4 Å². The summed E-state index contributed by atoms with van der Waals surface area (Å²) in [6, 6.07) is 0. The summed E-state index contributed by atoms with van der Waals surface area (Å²) in [6.07, 6.45) is 3.88. The fraction of sp³-hybridized carbons (Fsp3) is 1.00. The lowest BCUT2D eigenvalue weighted by Gasteiger charge is -2.03. The maximum absolute atomic E-state index is 11.0. The summed E-state index contributed by atoms with van der Waals surface area (Å²) in [5.74, 6) is 0. The first-order chi connectivity index (χ1) is 4.34. The van der Waals surface area contributed by atoms with Crippen molar-refractivity contribution in [1.29, 1.82) is 0 Å². The molecule has 1 unspecified atom stereocenters. The van der Waals surface area contributed by atoms with Crippen molar-refractivity contribution in [2.24, 2.45) is 0 Å². The Balaban J connectivity index is 2.31. The summed E-state index contributed by atoms with van der Waals surface area (Å²) in [6.45, 7) is 0.209. The van der Waals surface area contributed by atoms with Crippen molar-refractivity contribution >= 4 is 7.80 Å². The monoisotopic (exact) mass is 148 g/mol. The van der Waals surface area contributed by atoms with E-state index in [2.05, 4.69) is 0 Å². The Morgan fingerprint density at radius 2 is 2.44 bits per heavy atom. The molecule has 0 aliphatic carbocycles. The van der Waals surface area contributed by atoms with Gasteiger partial charge < -0.3 is 9.67 Å². The summed E-state index contributed by atoms with van der Waals surface area (Å²) in [5.41, 5.74) is 0.375. The summed E-state index contributed by atoms with van der Waals surface area (Å²) in [5, 5.41) is 8.52. The molecule has 1 aliphatic rings. The van der Waals surface area contributed by atoms with Crippen molar-refractivity contribution in [3.8, 4) is 0 Å². The molecular formula is C6H13O2P. The zero-order chi connectivity index (χ0) is 6.69. The third-order valence-corrected chi connectivity index (χ3v) is 4.24. The Labute approximate surface area is 56.1 Å². The molecule has 0 aromatic carbocycles. The van der Waals surface area contributed by atoms with Gasteiger partial charge in [-0.15, -0.1) is 0 Å². The van der Waals surface area contributed by atoms with Gasteiger partial charge in [0.25, 0.3) is 0 Å². The quantitative estimate of drug-likeness (QED) is 0.595. The highest BCUT2D eigenvalue weighted by Crippen LogP contribution is 2.40. The highest BCUT2D eigenvalue weighted by Gasteiger charge is 2.21. The van der Waals surface area contributed by atoms with E-state index < -0.39 is 7.80 Å². The van der Waals surface area contributed by atoms with Crippen LogP contribution < -0.4 is 0 Å². The zero-order valence-corrected chi connectivity index (χ0v) is 6.47. The number of hydrogen-bond acceptors (Lipinski definition) is 2. The normalized spacial score (nSPS) is 35.2. The van der Waals surface area contributed by atoms with Crippen LogP contribution in [0, 0.1) is 0 Å². The van der Waals surface area contributed by atoms with Crippen molar-refractivity contribution in [1.82, 2.24) is 0 Å². The standard InChI is InChI=1S/C6H13O2P/c7-4-3-6-2-1-5-9(6)8/h6-7,9H,1-5H2/t6-/m1/s1. The predicted molar refractivity (Wildman–Crippen MR) is 38.6 cm³/mol. The summed E-state index contributed by atoms with van der Waals surface area (Å²) in [4.78, 5) is 0. The summed E-state index contributed by atoms with van der Waals surface area (Å²) >= 11 is 0. The Morgan fingerprint density at radius 3 is 2.89 bits per heavy atom. The number of aliphatic hydroxyl groups excluding tert-OH is 1. The van der Waals surface area contributed by atoms with Gasteiger partial charge in [-0.3, -0.25) is 0 Å². The molecule has 2 atom stereocenters. The van der Waals surface area contributed by atoms with Crippen LogP contribution in [-0.2, 0) is 4.57 Å². The Kier molecular flexibility index (Phi) is 2.74. The van der Waals surface area contributed by atoms with E-state index in [-0.39, 0.29) is 6.61 Å². The number of aliphatic hydroxyl groups is 1. The highest BCUT2D eigenvalue weighted by molar-refractivity contribution is 7.45. The van der Waals surface area contributed by atoms with Gasteiger partial charge in [0.15, 0.2) is 0 Å². The van der Waals surface area contributed by atoms with Gasteiger partial charge >= 0.3 is 0 Å². The molecule has 1 rings (SSSR count). The minimum Gasteiger partial charge on any atom is -0.396 e. The van der Waals surface area contributed by atoms with Crippen LogP contribution in [0.4, 0.5) is 0 Å². The van der Waals surface area contributed by atoms with Crippen LogP contribution >= 0.6 is 7.80 Å². The molecule has 0 radical (unpaired) electrons. The molecule has 2 nitrogen and oxygen atoms in total. The minimum atomic E-state index is -1.27. The van der Waals surface area contributed by atoms with Crippen LogP contribution in [0.15, 0.2) is 0 Å². The van der Waals surface area contributed by atoms with Crippen molar-refractivity contribution in [2.45, 2.75) is 24.9 Å². The van der Waals surface area contributed by atoms with Crippen LogP contribution in [0.25, 0.3) is 0 Å². The first-order valence-electron chi connectivity index (χ1n) is 3.48. The predicted octanol–water partition coefficient (Wildman–Crippen LogP) is 1.09. The van der Waals surface area contributed by atoms with E-state index in [1.807, 2.05) is 0 Å². The maximum Gasteiger partial charge on any atom is 0.0792 e. The smallest absolute Gasteiger partial charge is 0.0792 e. The van der Waals surface area contributed by atoms with Crippen LogP contribution in [0.1, 0.15) is 19.3 Å². The Morgan fingerprint density at radius 1 is 1.67 bits per heavy atom. The van der Waals surface area contributed by atoms with Crippen LogP contribution in [0.5, 0.6) is 0 Å². The third kappa shape index (κ3) is 1.80. The van der Waals surface area contributed by atoms with E-state index in [4.69, 9.17) is 5.11 Å². The zero-order valence-electron chi connectivity index (χ0n) is 5.47. The van der Waals surface area contributed by atoms with Crippen LogP contribution in [-0.4, -0.2) is 23.5 Å². The van der Waals surface area contributed by atoms with E-state index in [9.17, 15) is 4.57 Å². The van der Waals surface area contributed by atoms with Crippen LogP contribution in [0.2, 0.25) is 0 Å². The van der Waals surface area contributed by atoms with Gasteiger partial charge in [-0.1, -0.05) is 0 Å². The lowest BCUT2D eigenvalue weighted by Crippen LogP contribution is -1.98. The van der Waals surface area contributed by atoms with E-state index >= 15 is 0 Å². The lowest BCUT2D eigenvalue weighted by molar-refractivity contribution is 0.285. The van der Waals surface area contributed by atoms with Gasteiger partial charge in [0.1, 0.15) is 0 Å². The van der Waals surface area contributed by atoms with Gasteiger partial charge in [-0.2, -0.15) is 0 Å². The first-order valence-corrected chi connectivity index (χ1v) is 5.17. The Hall–Kier alpha value is 0.190. The molecule has 1 heterocycles. The molecule has 9 heavy (non-hydrogen) atoms. The summed E-state index contributed by atoms with van der Waals surface area (Å²) in [7, 11) is -1.27. The lowest BCUT2D eigenvalue weighted by atomic mass is 10.2. The SMILES string of the molecule is O=[PH]1CCC[C@@H]1CCO. The average Bonchev–Trinajstić information content (AvgIpc) is 2.18. The second-order valence-electron chi connectivity index (χ2n) is 2.57. The van der Waals surface area contributed by atoms with E-state index in [1.54, 1.807) is 0 Å². The molecule has 0 aromatic heterocycles. The second kappa shape index (κ2) is 3.38. The minimum absolute atomic E-state index is 0.209. The molecule has 3 heteroatoms. The maximum atomic E-state index is 11.0. The molecule has 0 aromatic rings. The number of hydrogen-bond donors (Lipinski definition) is 1. The van der Waals surface area contributed by atoms with E-state index in [0.717, 1.165) is 25.4 Å². The molecule has 0 spiro atoms. The first kappa shape index (κ1) is 7.30. The third-order valence-electron chi connectivity index (χ3n) is 1.91. The van der Waals surface area contributed by atoms with Crippen molar-refractivity contribution < 1.29 is 9.67 Å². The molecule has 1 N–H and O–H groups in total. The molecule has 0 bridgehead atoms. The van der Waals surface area contributed by atoms with Gasteiger partial charge in [0, 0.05) is 12.3 Å². The van der Waals surface area contributed by atoms with E-state index in [0.29, 0.717) is 5.66 Å². The van der Waals surface area contributed by atoms with Gasteiger partial charge in [-0.25, -0.2) is 0 Å². The molecule has 54 valence electrons. The van der Waals surface area contributed by atoms with Gasteiger partial charge in [0.2, 0.25) is 0 Å². The molecule has 1 fully saturated rings. The van der Waals surface area contributed by atoms with Crippen molar-refractivity contribution in [3.63, 3.8) is 0 Å².